The highest BCUT2D eigenvalue weighted by Crippen LogP contribution is 2.16. The summed E-state index contributed by atoms with van der Waals surface area (Å²) in [6.45, 7) is 8.78. The van der Waals surface area contributed by atoms with E-state index in [1.807, 2.05) is 0 Å². The van der Waals surface area contributed by atoms with Crippen LogP contribution in [0.1, 0.15) is 58.7 Å². The molecule has 0 saturated carbocycles. The highest BCUT2D eigenvalue weighted by Gasteiger charge is 2.14. The molecule has 0 aliphatic heterocycles. The summed E-state index contributed by atoms with van der Waals surface area (Å²) in [5.41, 5.74) is 7.22. The highest BCUT2D eigenvalue weighted by molar-refractivity contribution is 5.01. The Balaban J connectivity index is 2.62. The summed E-state index contributed by atoms with van der Waals surface area (Å²) in [5, 5.41) is 4.67. The number of nitrogens with two attached hydrogens (primary N) is 1. The molecule has 3 heteroatoms. The Labute approximate surface area is 105 Å². The molecular weight excluding hydrogens is 210 g/mol. The van der Waals surface area contributed by atoms with Crippen LogP contribution in [0.3, 0.4) is 0 Å². The van der Waals surface area contributed by atoms with Gasteiger partial charge in [0, 0.05) is 12.2 Å². The van der Waals surface area contributed by atoms with Crippen molar-refractivity contribution in [2.45, 2.75) is 65.5 Å². The van der Waals surface area contributed by atoms with Gasteiger partial charge in [0.1, 0.15) is 0 Å². The van der Waals surface area contributed by atoms with Crippen LogP contribution in [0.5, 0.6) is 0 Å². The normalized spacial score (nSPS) is 15.2. The van der Waals surface area contributed by atoms with Crippen LogP contribution in [-0.2, 0) is 6.42 Å². The lowest BCUT2D eigenvalue weighted by Gasteiger charge is -2.17. The van der Waals surface area contributed by atoms with Crippen LogP contribution in [0, 0.1) is 5.92 Å². The smallest absolute Gasteiger partial charge is 0.0627 e. The van der Waals surface area contributed by atoms with Gasteiger partial charge in [0.2, 0.25) is 0 Å². The van der Waals surface area contributed by atoms with E-state index in [2.05, 4.69) is 49.7 Å². The van der Waals surface area contributed by atoms with Crippen LogP contribution in [-0.4, -0.2) is 15.8 Å². The molecule has 17 heavy (non-hydrogen) atoms. The zero-order chi connectivity index (χ0) is 12.8. The first-order valence-corrected chi connectivity index (χ1v) is 6.91. The Bertz CT molecular complexity index is 315. The van der Waals surface area contributed by atoms with E-state index in [1.165, 1.54) is 5.69 Å². The van der Waals surface area contributed by atoms with E-state index in [4.69, 9.17) is 5.73 Å². The second-order valence-corrected chi connectivity index (χ2v) is 5.01. The fourth-order valence-corrected chi connectivity index (χ4v) is 2.24. The minimum absolute atomic E-state index is 0.285. The molecule has 2 unspecified atom stereocenters. The first kappa shape index (κ1) is 14.2. The number of rotatable bonds is 7. The zero-order valence-corrected chi connectivity index (χ0v) is 11.7. The molecule has 2 atom stereocenters. The van der Waals surface area contributed by atoms with Crippen molar-refractivity contribution in [3.05, 3.63) is 18.0 Å². The standard InChI is InChI=1S/C14H27N3/c1-5-13(6-2)17-9-8-12(16-17)10-11(4)14(15)7-3/h8-9,11,13-14H,5-7,10,15H2,1-4H3. The monoisotopic (exact) mass is 237 g/mol. The van der Waals surface area contributed by atoms with Gasteiger partial charge in [-0.2, -0.15) is 5.10 Å². The number of aromatic nitrogens is 2. The average molecular weight is 237 g/mol. The minimum atomic E-state index is 0.285. The van der Waals surface area contributed by atoms with Crippen molar-refractivity contribution in [3.8, 4) is 0 Å². The molecule has 0 aliphatic rings. The van der Waals surface area contributed by atoms with E-state index in [-0.39, 0.29) is 6.04 Å². The van der Waals surface area contributed by atoms with Crippen molar-refractivity contribution in [1.82, 2.24) is 9.78 Å². The van der Waals surface area contributed by atoms with Crippen molar-refractivity contribution in [3.63, 3.8) is 0 Å². The predicted molar refractivity (Wildman–Crippen MR) is 73.0 cm³/mol. The molecule has 2 N–H and O–H groups in total. The second-order valence-electron chi connectivity index (χ2n) is 5.01. The van der Waals surface area contributed by atoms with Crippen LogP contribution in [0.15, 0.2) is 12.3 Å². The molecule has 0 bridgehead atoms. The first-order valence-electron chi connectivity index (χ1n) is 6.91. The summed E-state index contributed by atoms with van der Waals surface area (Å²) in [7, 11) is 0. The Kier molecular flexibility index (Phi) is 5.69. The Morgan fingerprint density at radius 1 is 1.24 bits per heavy atom. The molecule has 0 amide bonds. The maximum Gasteiger partial charge on any atom is 0.0627 e. The molecule has 0 radical (unpaired) electrons. The van der Waals surface area contributed by atoms with Crippen LogP contribution < -0.4 is 5.73 Å². The van der Waals surface area contributed by atoms with E-state index in [9.17, 15) is 0 Å². The van der Waals surface area contributed by atoms with Gasteiger partial charge < -0.3 is 5.73 Å². The van der Waals surface area contributed by atoms with Gasteiger partial charge in [0.25, 0.3) is 0 Å². The number of nitrogens with zero attached hydrogens (tertiary/aromatic N) is 2. The van der Waals surface area contributed by atoms with Crippen LogP contribution >= 0.6 is 0 Å². The summed E-state index contributed by atoms with van der Waals surface area (Å²) in [6, 6.07) is 2.96. The molecule has 1 aromatic heterocycles. The van der Waals surface area contributed by atoms with E-state index >= 15 is 0 Å². The molecule has 0 aliphatic carbocycles. The van der Waals surface area contributed by atoms with Crippen LogP contribution in [0.25, 0.3) is 0 Å². The molecular formula is C14H27N3. The van der Waals surface area contributed by atoms with Crippen LogP contribution in [0.4, 0.5) is 0 Å². The maximum absolute atomic E-state index is 6.05. The van der Waals surface area contributed by atoms with Gasteiger partial charge in [-0.05, 0) is 37.7 Å². The van der Waals surface area contributed by atoms with E-state index in [0.29, 0.717) is 12.0 Å². The van der Waals surface area contributed by atoms with E-state index in [1.54, 1.807) is 0 Å². The molecule has 1 rings (SSSR count). The molecule has 0 saturated heterocycles. The van der Waals surface area contributed by atoms with Gasteiger partial charge in [-0.1, -0.05) is 27.7 Å². The van der Waals surface area contributed by atoms with Gasteiger partial charge in [0.15, 0.2) is 0 Å². The van der Waals surface area contributed by atoms with Crippen molar-refractivity contribution in [2.75, 3.05) is 0 Å². The zero-order valence-electron chi connectivity index (χ0n) is 11.7. The van der Waals surface area contributed by atoms with E-state index in [0.717, 1.165) is 25.7 Å². The fourth-order valence-electron chi connectivity index (χ4n) is 2.24. The summed E-state index contributed by atoms with van der Waals surface area (Å²) >= 11 is 0. The van der Waals surface area contributed by atoms with Gasteiger partial charge >= 0.3 is 0 Å². The summed E-state index contributed by atoms with van der Waals surface area (Å²) in [6.07, 6.45) is 6.41. The minimum Gasteiger partial charge on any atom is -0.327 e. The Hall–Kier alpha value is -0.830. The quantitative estimate of drug-likeness (QED) is 0.791. The summed E-state index contributed by atoms with van der Waals surface area (Å²) in [4.78, 5) is 0. The molecule has 1 heterocycles. The third-order valence-electron chi connectivity index (χ3n) is 3.71. The molecule has 0 fully saturated rings. The van der Waals surface area contributed by atoms with Crippen LogP contribution in [0.2, 0.25) is 0 Å². The summed E-state index contributed by atoms with van der Waals surface area (Å²) < 4.78 is 2.11. The SMILES string of the molecule is CCC(N)C(C)Cc1ccn(C(CC)CC)n1. The Morgan fingerprint density at radius 2 is 1.88 bits per heavy atom. The van der Waals surface area contributed by atoms with E-state index < -0.39 is 0 Å². The van der Waals surface area contributed by atoms with Gasteiger partial charge in [-0.25, -0.2) is 0 Å². The van der Waals surface area contributed by atoms with Gasteiger partial charge in [-0.3, -0.25) is 4.68 Å². The van der Waals surface area contributed by atoms with Crippen molar-refractivity contribution in [2.24, 2.45) is 11.7 Å². The topological polar surface area (TPSA) is 43.8 Å². The first-order chi connectivity index (χ1) is 8.12. The Morgan fingerprint density at radius 3 is 2.41 bits per heavy atom. The fraction of sp³-hybridized carbons (Fsp3) is 0.786. The largest absolute Gasteiger partial charge is 0.327 e. The molecule has 98 valence electrons. The molecule has 3 nitrogen and oxygen atoms in total. The van der Waals surface area contributed by atoms with Crippen molar-refractivity contribution < 1.29 is 0 Å². The van der Waals surface area contributed by atoms with Gasteiger partial charge in [0.05, 0.1) is 11.7 Å². The van der Waals surface area contributed by atoms with Crippen molar-refractivity contribution >= 4 is 0 Å². The number of hydrogen-bond donors (Lipinski definition) is 1. The predicted octanol–water partition coefficient (Wildman–Crippen LogP) is 3.16. The number of hydrogen-bond acceptors (Lipinski definition) is 2. The lowest BCUT2D eigenvalue weighted by atomic mass is 9.96. The second kappa shape index (κ2) is 6.80. The molecule has 0 aromatic carbocycles. The summed E-state index contributed by atoms with van der Waals surface area (Å²) in [5.74, 6) is 0.505. The third kappa shape index (κ3) is 3.84. The molecule has 1 aromatic rings. The lowest BCUT2D eigenvalue weighted by molar-refractivity contribution is 0.410. The van der Waals surface area contributed by atoms with Crippen molar-refractivity contribution in [1.29, 1.82) is 0 Å². The third-order valence-corrected chi connectivity index (χ3v) is 3.71. The highest BCUT2D eigenvalue weighted by atomic mass is 15.3. The average Bonchev–Trinajstić information content (AvgIpc) is 2.78. The lowest BCUT2D eigenvalue weighted by Crippen LogP contribution is -2.28. The maximum atomic E-state index is 6.05. The van der Waals surface area contributed by atoms with Gasteiger partial charge in [-0.15, -0.1) is 0 Å². The molecule has 0 spiro atoms.